The molecule has 0 N–H and O–H groups in total. The quantitative estimate of drug-likeness (QED) is 0.232. The summed E-state index contributed by atoms with van der Waals surface area (Å²) in [5.74, 6) is 0. The van der Waals surface area contributed by atoms with Gasteiger partial charge in [-0.3, -0.25) is 0 Å². The minimum absolute atomic E-state index is 1.06. The van der Waals surface area contributed by atoms with Gasteiger partial charge >= 0.3 is 0 Å². The first-order valence-electron chi connectivity index (χ1n) is 7.84. The third kappa shape index (κ3) is 1.75. The lowest BCUT2D eigenvalue weighted by Crippen LogP contribution is -2.26. The fourth-order valence-corrected chi connectivity index (χ4v) is 3.48. The molecule has 0 aliphatic heterocycles. The van der Waals surface area contributed by atoms with Gasteiger partial charge in [-0.1, -0.05) is 53.0 Å². The molecule has 2 aromatic heterocycles. The molecule has 108 valence electrons. The van der Waals surface area contributed by atoms with Crippen molar-refractivity contribution in [3.05, 3.63) is 78.5 Å². The topological polar surface area (TPSA) is 17.0 Å². The van der Waals surface area contributed by atoms with Gasteiger partial charge in [0.05, 0.1) is 0 Å². The number of fused-ring (bicyclic) bond motifs is 7. The zero-order valence-electron chi connectivity index (χ0n) is 12.8. The van der Waals surface area contributed by atoms with Crippen molar-refractivity contribution in [3.8, 4) is 0 Å². The van der Waals surface area contributed by atoms with Crippen molar-refractivity contribution in [2.75, 3.05) is 0 Å². The predicted molar refractivity (Wildman–Crippen MR) is 94.7 cm³/mol. The Balaban J connectivity index is 2.14. The highest BCUT2D eigenvalue weighted by Gasteiger charge is 2.14. The van der Waals surface area contributed by atoms with E-state index in [2.05, 4.69) is 73.7 Å². The molecule has 0 unspecified atom stereocenters. The highest BCUT2D eigenvalue weighted by atomic mass is 15.2. The van der Waals surface area contributed by atoms with Crippen LogP contribution in [0.2, 0.25) is 0 Å². The van der Waals surface area contributed by atoms with Crippen molar-refractivity contribution in [1.82, 2.24) is 5.10 Å². The smallest absolute Gasteiger partial charge is 0.0616 e. The molecule has 0 radical (unpaired) electrons. The molecule has 0 atom stereocenters. The van der Waals surface area contributed by atoms with Gasteiger partial charge in [0.15, 0.2) is 0 Å². The number of hydrogen-bond donors (Lipinski definition) is 0. The molecule has 0 aliphatic rings. The molecule has 3 aromatic carbocycles. The molecule has 0 amide bonds. The van der Waals surface area contributed by atoms with Crippen LogP contribution in [-0.2, 0) is 0 Å². The predicted octanol–water partition coefficient (Wildman–Crippen LogP) is 4.59. The van der Waals surface area contributed by atoms with Crippen molar-refractivity contribution < 1.29 is 4.52 Å². The van der Waals surface area contributed by atoms with Crippen LogP contribution in [0.15, 0.2) is 72.9 Å². The Morgan fingerprint density at radius 2 is 1.30 bits per heavy atom. The third-order valence-electron chi connectivity index (χ3n) is 4.56. The van der Waals surface area contributed by atoms with Gasteiger partial charge in [-0.05, 0) is 28.6 Å². The summed E-state index contributed by atoms with van der Waals surface area (Å²) in [6.07, 6.45) is 2.04. The van der Waals surface area contributed by atoms with Gasteiger partial charge < -0.3 is 0 Å². The summed E-state index contributed by atoms with van der Waals surface area (Å²) in [4.78, 5) is 0. The SMILES string of the molecule is Cc1cc[n+]2nc3c4ccccc4c4ccccc4c3cc2c1. The Labute approximate surface area is 133 Å². The van der Waals surface area contributed by atoms with E-state index in [1.165, 1.54) is 32.5 Å². The van der Waals surface area contributed by atoms with Crippen LogP contribution in [0, 0.1) is 6.92 Å². The second kappa shape index (κ2) is 4.50. The summed E-state index contributed by atoms with van der Waals surface area (Å²) in [7, 11) is 0. The van der Waals surface area contributed by atoms with Crippen LogP contribution in [0.1, 0.15) is 5.56 Å². The number of nitrogens with zero attached hydrogens (tertiary/aromatic N) is 2. The van der Waals surface area contributed by atoms with Crippen molar-refractivity contribution in [3.63, 3.8) is 0 Å². The van der Waals surface area contributed by atoms with Crippen LogP contribution in [-0.4, -0.2) is 5.10 Å². The fraction of sp³-hybridized carbons (Fsp3) is 0.0476. The van der Waals surface area contributed by atoms with Crippen molar-refractivity contribution in [1.29, 1.82) is 0 Å². The molecule has 0 aliphatic carbocycles. The Morgan fingerprint density at radius 3 is 2.04 bits per heavy atom. The largest absolute Gasteiger partial charge is 0.239 e. The molecule has 2 nitrogen and oxygen atoms in total. The highest BCUT2D eigenvalue weighted by Crippen LogP contribution is 2.33. The number of aromatic nitrogens is 2. The molecule has 5 rings (SSSR count). The van der Waals surface area contributed by atoms with Crippen LogP contribution < -0.4 is 4.52 Å². The average molecular weight is 295 g/mol. The van der Waals surface area contributed by atoms with Gasteiger partial charge in [0.2, 0.25) is 11.7 Å². The highest BCUT2D eigenvalue weighted by molar-refractivity contribution is 6.24. The van der Waals surface area contributed by atoms with Crippen LogP contribution in [0.5, 0.6) is 0 Å². The van der Waals surface area contributed by atoms with E-state index >= 15 is 0 Å². The lowest BCUT2D eigenvalue weighted by molar-refractivity contribution is -0.577. The minimum atomic E-state index is 1.06. The molecule has 0 bridgehead atoms. The maximum atomic E-state index is 4.91. The second-order valence-corrected chi connectivity index (χ2v) is 6.07. The average Bonchev–Trinajstić information content (AvgIpc) is 2.60. The van der Waals surface area contributed by atoms with Crippen LogP contribution in [0.3, 0.4) is 0 Å². The first kappa shape index (κ1) is 12.5. The normalized spacial score (nSPS) is 11.7. The van der Waals surface area contributed by atoms with E-state index in [9.17, 15) is 0 Å². The summed E-state index contributed by atoms with van der Waals surface area (Å²) in [5.41, 5.74) is 3.43. The van der Waals surface area contributed by atoms with Gasteiger partial charge in [-0.15, -0.1) is 0 Å². The van der Waals surface area contributed by atoms with Crippen LogP contribution in [0.25, 0.3) is 38.0 Å². The minimum Gasteiger partial charge on any atom is -0.0616 e. The van der Waals surface area contributed by atoms with Gasteiger partial charge in [0, 0.05) is 34.1 Å². The van der Waals surface area contributed by atoms with E-state index in [0.29, 0.717) is 0 Å². The number of rotatable bonds is 0. The maximum absolute atomic E-state index is 4.91. The molecule has 0 saturated heterocycles. The maximum Gasteiger partial charge on any atom is 0.239 e. The summed E-state index contributed by atoms with van der Waals surface area (Å²) in [6.45, 7) is 2.11. The van der Waals surface area contributed by atoms with E-state index in [-0.39, 0.29) is 0 Å². The molecular weight excluding hydrogens is 280 g/mol. The monoisotopic (exact) mass is 295 g/mol. The molecular formula is C21H15N2+. The van der Waals surface area contributed by atoms with E-state index in [1.807, 2.05) is 10.7 Å². The Hall–Kier alpha value is -3.00. The standard InChI is InChI=1S/C21H15N2/c1-14-10-11-23-15(12-14)13-20-18-8-3-2-6-16(18)17-7-4-5-9-19(17)21(20)22-23/h2-13H,1H3/q+1. The number of hydrogen-bond acceptors (Lipinski definition) is 1. The van der Waals surface area contributed by atoms with E-state index in [1.54, 1.807) is 0 Å². The lowest BCUT2D eigenvalue weighted by Gasteiger charge is -2.07. The third-order valence-corrected chi connectivity index (χ3v) is 4.56. The van der Waals surface area contributed by atoms with Gasteiger partial charge in [0.1, 0.15) is 5.52 Å². The van der Waals surface area contributed by atoms with Gasteiger partial charge in [-0.2, -0.15) is 0 Å². The number of pyridine rings is 1. The number of aryl methyl sites for hydroxylation is 1. The lowest BCUT2D eigenvalue weighted by atomic mass is 9.97. The molecule has 5 aromatic rings. The Bertz CT molecular complexity index is 1220. The summed E-state index contributed by atoms with van der Waals surface area (Å²) in [5, 5.41) is 11.1. The molecule has 0 saturated carbocycles. The van der Waals surface area contributed by atoms with E-state index in [4.69, 9.17) is 5.10 Å². The molecule has 0 fully saturated rings. The first-order chi connectivity index (χ1) is 11.3. The van der Waals surface area contributed by atoms with E-state index < -0.39 is 0 Å². The second-order valence-electron chi connectivity index (χ2n) is 6.07. The van der Waals surface area contributed by atoms with Crippen LogP contribution in [0.4, 0.5) is 0 Å². The zero-order valence-corrected chi connectivity index (χ0v) is 12.8. The summed E-state index contributed by atoms with van der Waals surface area (Å²) in [6, 6.07) is 23.7. The van der Waals surface area contributed by atoms with Crippen molar-refractivity contribution in [2.24, 2.45) is 0 Å². The van der Waals surface area contributed by atoms with Crippen LogP contribution >= 0.6 is 0 Å². The Kier molecular flexibility index (Phi) is 2.45. The Morgan fingerprint density at radius 1 is 0.696 bits per heavy atom. The zero-order chi connectivity index (χ0) is 15.4. The fourth-order valence-electron chi connectivity index (χ4n) is 3.48. The van der Waals surface area contributed by atoms with Crippen molar-refractivity contribution in [2.45, 2.75) is 6.92 Å². The number of benzene rings is 3. The summed E-state index contributed by atoms with van der Waals surface area (Å²) >= 11 is 0. The van der Waals surface area contributed by atoms with Gasteiger partial charge in [0.25, 0.3) is 0 Å². The first-order valence-corrected chi connectivity index (χ1v) is 7.84. The molecule has 0 spiro atoms. The molecule has 2 heterocycles. The summed E-state index contributed by atoms with van der Waals surface area (Å²) < 4.78 is 1.97. The van der Waals surface area contributed by atoms with E-state index in [0.717, 1.165) is 11.0 Å². The van der Waals surface area contributed by atoms with Crippen molar-refractivity contribution >= 4 is 38.0 Å². The van der Waals surface area contributed by atoms with Gasteiger partial charge in [-0.25, -0.2) is 0 Å². The molecule has 23 heavy (non-hydrogen) atoms. The molecule has 2 heteroatoms.